The van der Waals surface area contributed by atoms with Crippen molar-refractivity contribution in [2.45, 2.75) is 12.5 Å². The topological polar surface area (TPSA) is 45.1 Å². The number of para-hydroxylation sites is 1. The van der Waals surface area contributed by atoms with Gasteiger partial charge in [-0.25, -0.2) is 4.90 Å². The van der Waals surface area contributed by atoms with Crippen LogP contribution in [-0.4, -0.2) is 44.0 Å². The van der Waals surface area contributed by atoms with Crippen molar-refractivity contribution in [1.29, 1.82) is 0 Å². The van der Waals surface area contributed by atoms with Crippen LogP contribution in [0.15, 0.2) is 48.5 Å². The summed E-state index contributed by atoms with van der Waals surface area (Å²) in [5, 5.41) is 0.816. The molecule has 0 aliphatic carbocycles. The molecule has 2 aliphatic rings. The quantitative estimate of drug-likeness (QED) is 0.796. The molecule has 0 unspecified atom stereocenters. The minimum atomic E-state index is -0.340. The Morgan fingerprint density at radius 1 is 0.889 bits per heavy atom. The number of rotatable bonds is 3. The molecule has 140 valence electrons. The van der Waals surface area contributed by atoms with E-state index >= 15 is 0 Å². The van der Waals surface area contributed by atoms with Crippen LogP contribution in [0.3, 0.4) is 0 Å². The van der Waals surface area contributed by atoms with E-state index in [9.17, 15) is 9.59 Å². The van der Waals surface area contributed by atoms with Crippen LogP contribution in [0.25, 0.3) is 0 Å². The summed E-state index contributed by atoms with van der Waals surface area (Å²) in [6.07, 6.45) is 0.226. The lowest BCUT2D eigenvalue weighted by Gasteiger charge is -2.35. The van der Waals surface area contributed by atoms with Crippen molar-refractivity contribution in [3.8, 4) is 0 Å². The van der Waals surface area contributed by atoms with E-state index in [4.69, 9.17) is 23.2 Å². The number of carbonyl (C=O) groups excluding carboxylic acids is 2. The highest BCUT2D eigenvalue weighted by Gasteiger charge is 2.46. The number of amides is 2. The van der Waals surface area contributed by atoms with Gasteiger partial charge >= 0.3 is 0 Å². The molecule has 4 rings (SSSR count). The molecular weight excluding hydrogens is 385 g/mol. The largest absolute Gasteiger partial charge is 0.360 e. The fourth-order valence-corrected chi connectivity index (χ4v) is 4.44. The maximum Gasteiger partial charge on any atom is 0.292 e. The number of halogens is 2. The van der Waals surface area contributed by atoms with E-state index in [-0.39, 0.29) is 24.3 Å². The average Bonchev–Trinajstić information content (AvgIpc) is 2.96. The van der Waals surface area contributed by atoms with Crippen molar-refractivity contribution >= 4 is 46.4 Å². The Kier molecular flexibility index (Phi) is 5.08. The number of benzene rings is 2. The number of hydrogen-bond donors (Lipinski definition) is 1. The van der Waals surface area contributed by atoms with E-state index in [1.54, 1.807) is 18.2 Å². The predicted octanol–water partition coefficient (Wildman–Crippen LogP) is 2.03. The molecule has 0 radical (unpaired) electrons. The van der Waals surface area contributed by atoms with Crippen molar-refractivity contribution in [2.24, 2.45) is 0 Å². The van der Waals surface area contributed by atoms with Crippen LogP contribution in [0.2, 0.25) is 10.0 Å². The van der Waals surface area contributed by atoms with Gasteiger partial charge < -0.3 is 9.80 Å². The van der Waals surface area contributed by atoms with Crippen LogP contribution < -0.4 is 14.7 Å². The Hall–Kier alpha value is -2.08. The molecule has 2 aromatic carbocycles. The second-order valence-electron chi connectivity index (χ2n) is 6.93. The SMILES string of the molecule is O=C1C[C@H]([NH+]2CCN(c3ccccc3)CC2)C(=O)N1c1cc(Cl)cc(Cl)c1. The standard InChI is InChI=1S/C20H19Cl2N3O2/c21-14-10-15(22)12-17(11-14)25-19(26)13-18(20(25)27)24-8-6-23(7-9-24)16-4-2-1-3-5-16/h1-5,10-12,18H,6-9,13H2/p+1/t18-/m0/s1. The van der Waals surface area contributed by atoms with Gasteiger partial charge in [-0.2, -0.15) is 0 Å². The van der Waals surface area contributed by atoms with Gasteiger partial charge in [-0.1, -0.05) is 41.4 Å². The molecule has 2 amide bonds. The molecule has 2 heterocycles. The van der Waals surface area contributed by atoms with Gasteiger partial charge in [0.25, 0.3) is 5.91 Å². The third kappa shape index (κ3) is 3.68. The molecule has 0 spiro atoms. The second-order valence-corrected chi connectivity index (χ2v) is 7.81. The fraction of sp³-hybridized carbons (Fsp3) is 0.300. The first-order chi connectivity index (χ1) is 13.0. The zero-order valence-electron chi connectivity index (χ0n) is 14.7. The van der Waals surface area contributed by atoms with Gasteiger partial charge in [0.2, 0.25) is 5.91 Å². The molecule has 0 aromatic heterocycles. The normalized spacial score (nSPS) is 21.2. The summed E-state index contributed by atoms with van der Waals surface area (Å²) in [7, 11) is 0. The minimum Gasteiger partial charge on any atom is -0.360 e. The predicted molar refractivity (Wildman–Crippen MR) is 107 cm³/mol. The fourth-order valence-electron chi connectivity index (χ4n) is 3.93. The number of anilines is 2. The zero-order chi connectivity index (χ0) is 19.0. The smallest absolute Gasteiger partial charge is 0.292 e. The maximum absolute atomic E-state index is 13.0. The lowest BCUT2D eigenvalue weighted by Crippen LogP contribution is -3.19. The summed E-state index contributed by atoms with van der Waals surface area (Å²) in [6, 6.07) is 14.7. The third-order valence-corrected chi connectivity index (χ3v) is 5.71. The molecule has 5 nitrogen and oxygen atoms in total. The van der Waals surface area contributed by atoms with Crippen molar-refractivity contribution < 1.29 is 14.5 Å². The van der Waals surface area contributed by atoms with Gasteiger partial charge in [0.15, 0.2) is 6.04 Å². The number of piperazine rings is 1. The van der Waals surface area contributed by atoms with Gasteiger partial charge in [-0.3, -0.25) is 9.59 Å². The van der Waals surface area contributed by atoms with Gasteiger partial charge in [-0.05, 0) is 30.3 Å². The van der Waals surface area contributed by atoms with E-state index < -0.39 is 0 Å². The van der Waals surface area contributed by atoms with E-state index in [0.29, 0.717) is 15.7 Å². The number of carbonyl (C=O) groups is 2. The Balaban J connectivity index is 1.46. The highest BCUT2D eigenvalue weighted by atomic mass is 35.5. The first-order valence-corrected chi connectivity index (χ1v) is 9.76. The molecular formula is C20H20Cl2N3O2+. The molecule has 2 fully saturated rings. The molecule has 1 atom stereocenters. The Morgan fingerprint density at radius 2 is 1.52 bits per heavy atom. The Morgan fingerprint density at radius 3 is 2.15 bits per heavy atom. The lowest BCUT2D eigenvalue weighted by molar-refractivity contribution is -0.915. The van der Waals surface area contributed by atoms with Crippen LogP contribution in [0, 0.1) is 0 Å². The summed E-state index contributed by atoms with van der Waals surface area (Å²) in [5.41, 5.74) is 1.65. The molecule has 2 aromatic rings. The molecule has 7 heteroatoms. The number of quaternary nitrogens is 1. The van der Waals surface area contributed by atoms with E-state index in [1.165, 1.54) is 10.6 Å². The molecule has 0 bridgehead atoms. The lowest BCUT2D eigenvalue weighted by atomic mass is 10.1. The molecule has 2 saturated heterocycles. The monoisotopic (exact) mass is 404 g/mol. The summed E-state index contributed by atoms with van der Waals surface area (Å²) in [5.74, 6) is -0.359. The highest BCUT2D eigenvalue weighted by molar-refractivity contribution is 6.35. The van der Waals surface area contributed by atoms with E-state index in [1.807, 2.05) is 18.2 Å². The Labute approximate surface area is 168 Å². The number of nitrogens with one attached hydrogen (secondary N) is 1. The van der Waals surface area contributed by atoms with Crippen molar-refractivity contribution in [3.05, 3.63) is 58.6 Å². The molecule has 27 heavy (non-hydrogen) atoms. The van der Waals surface area contributed by atoms with Crippen molar-refractivity contribution in [1.82, 2.24) is 0 Å². The first kappa shape index (κ1) is 18.3. The van der Waals surface area contributed by atoms with Crippen LogP contribution >= 0.6 is 23.2 Å². The van der Waals surface area contributed by atoms with Crippen molar-refractivity contribution in [3.63, 3.8) is 0 Å². The number of nitrogens with zero attached hydrogens (tertiary/aromatic N) is 2. The summed E-state index contributed by atoms with van der Waals surface area (Å²) < 4.78 is 0. The second kappa shape index (κ2) is 7.50. The first-order valence-electron chi connectivity index (χ1n) is 9.00. The molecule has 0 saturated carbocycles. The zero-order valence-corrected chi connectivity index (χ0v) is 16.2. The molecule has 2 aliphatic heterocycles. The summed E-state index contributed by atoms with van der Waals surface area (Å²) >= 11 is 12.1. The van der Waals surface area contributed by atoms with Crippen LogP contribution in [0.5, 0.6) is 0 Å². The van der Waals surface area contributed by atoms with Gasteiger partial charge in [-0.15, -0.1) is 0 Å². The number of hydrogen-bond acceptors (Lipinski definition) is 3. The summed E-state index contributed by atoms with van der Waals surface area (Å²) in [4.78, 5) is 30.2. The minimum absolute atomic E-state index is 0.165. The maximum atomic E-state index is 13.0. The van der Waals surface area contributed by atoms with Crippen LogP contribution in [0.1, 0.15) is 6.42 Å². The van der Waals surface area contributed by atoms with Gasteiger partial charge in [0.1, 0.15) is 0 Å². The summed E-state index contributed by atoms with van der Waals surface area (Å²) in [6.45, 7) is 3.37. The van der Waals surface area contributed by atoms with Gasteiger partial charge in [0.05, 0.1) is 38.3 Å². The third-order valence-electron chi connectivity index (χ3n) is 5.27. The Bertz CT molecular complexity index is 847. The van der Waals surface area contributed by atoms with Gasteiger partial charge in [0, 0.05) is 15.7 Å². The van der Waals surface area contributed by atoms with Crippen LogP contribution in [-0.2, 0) is 9.59 Å². The van der Waals surface area contributed by atoms with Crippen LogP contribution in [0.4, 0.5) is 11.4 Å². The highest BCUT2D eigenvalue weighted by Crippen LogP contribution is 2.29. The number of imide groups is 1. The van der Waals surface area contributed by atoms with E-state index in [2.05, 4.69) is 17.0 Å². The molecule has 1 N–H and O–H groups in total. The average molecular weight is 405 g/mol. The van der Waals surface area contributed by atoms with E-state index in [0.717, 1.165) is 31.1 Å². The van der Waals surface area contributed by atoms with Crippen molar-refractivity contribution in [2.75, 3.05) is 36.0 Å².